The van der Waals surface area contributed by atoms with Crippen molar-refractivity contribution < 1.29 is 18.3 Å². The molecule has 0 spiro atoms. The van der Waals surface area contributed by atoms with E-state index in [0.29, 0.717) is 11.8 Å². The van der Waals surface area contributed by atoms with Gasteiger partial charge in [0.05, 0.1) is 13.2 Å². The zero-order valence-corrected chi connectivity index (χ0v) is 22.0. The molecule has 0 unspecified atom stereocenters. The van der Waals surface area contributed by atoms with Gasteiger partial charge in [0.25, 0.3) is 6.08 Å². The molecule has 4 heteroatoms. The van der Waals surface area contributed by atoms with Crippen LogP contribution in [-0.4, -0.2) is 19.5 Å². The van der Waals surface area contributed by atoms with Crippen molar-refractivity contribution in [3.63, 3.8) is 0 Å². The highest BCUT2D eigenvalue weighted by atomic mass is 19.3. The Bertz CT molecular complexity index is 628. The summed E-state index contributed by atoms with van der Waals surface area (Å²) in [7, 11) is 0. The lowest BCUT2D eigenvalue weighted by molar-refractivity contribution is -0.230. The fourth-order valence-corrected chi connectivity index (χ4v) is 7.70. The van der Waals surface area contributed by atoms with Crippen molar-refractivity contribution in [2.45, 2.75) is 115 Å². The van der Waals surface area contributed by atoms with Gasteiger partial charge in [-0.25, -0.2) is 0 Å². The van der Waals surface area contributed by atoms with Crippen LogP contribution < -0.4 is 0 Å². The molecule has 4 aliphatic rings. The van der Waals surface area contributed by atoms with Gasteiger partial charge in [-0.15, -0.1) is 6.58 Å². The Morgan fingerprint density at radius 3 is 1.74 bits per heavy atom. The number of hydrogen-bond acceptors (Lipinski definition) is 2. The number of halogens is 2. The molecule has 0 bridgehead atoms. The Balaban J connectivity index is 1.02. The zero-order chi connectivity index (χ0) is 24.5. The maximum absolute atomic E-state index is 12.5. The largest absolute Gasteiger partial charge is 0.352 e. The maximum atomic E-state index is 12.5. The number of ether oxygens (including phenoxy) is 2. The van der Waals surface area contributed by atoms with E-state index in [0.717, 1.165) is 69.0 Å². The fraction of sp³-hybridized carbons (Fsp3) is 0.871. The van der Waals surface area contributed by atoms with Crippen molar-refractivity contribution in [2.24, 2.45) is 41.4 Å². The van der Waals surface area contributed by atoms with Crippen LogP contribution >= 0.6 is 0 Å². The normalized spacial score (nSPS) is 38.6. The molecular weight excluding hydrogens is 442 g/mol. The van der Waals surface area contributed by atoms with E-state index < -0.39 is 6.08 Å². The van der Waals surface area contributed by atoms with Crippen LogP contribution in [0.1, 0.15) is 109 Å². The first-order chi connectivity index (χ1) is 17.1. The smallest absolute Gasteiger partial charge is 0.266 e. The van der Waals surface area contributed by atoms with Crippen LogP contribution in [0.2, 0.25) is 0 Å². The summed E-state index contributed by atoms with van der Waals surface area (Å²) < 4.78 is 37.4. The van der Waals surface area contributed by atoms with E-state index in [1.54, 1.807) is 0 Å². The van der Waals surface area contributed by atoms with Crippen LogP contribution in [-0.2, 0) is 9.47 Å². The fourth-order valence-electron chi connectivity index (χ4n) is 7.70. The van der Waals surface area contributed by atoms with Gasteiger partial charge in [-0.2, -0.15) is 8.78 Å². The molecule has 0 aromatic heterocycles. The third-order valence-corrected chi connectivity index (χ3v) is 9.98. The summed E-state index contributed by atoms with van der Waals surface area (Å²) in [6.45, 7) is 5.66. The van der Waals surface area contributed by atoms with E-state index in [-0.39, 0.29) is 12.2 Å². The summed E-state index contributed by atoms with van der Waals surface area (Å²) in [5, 5.41) is 0. The molecule has 0 amide bonds. The van der Waals surface area contributed by atoms with Crippen molar-refractivity contribution >= 4 is 0 Å². The molecular formula is C31H50F2O2. The van der Waals surface area contributed by atoms with E-state index in [9.17, 15) is 8.78 Å². The lowest BCUT2D eigenvalue weighted by Crippen LogP contribution is -2.38. The minimum atomic E-state index is -1.49. The topological polar surface area (TPSA) is 18.5 Å². The minimum absolute atomic E-state index is 0.0440. The van der Waals surface area contributed by atoms with Gasteiger partial charge in [0.1, 0.15) is 0 Å². The van der Waals surface area contributed by atoms with Crippen molar-refractivity contribution in [3.05, 3.63) is 24.8 Å². The summed E-state index contributed by atoms with van der Waals surface area (Å²) in [5.41, 5.74) is 0. The van der Waals surface area contributed by atoms with Gasteiger partial charge in [0.2, 0.25) is 0 Å². The van der Waals surface area contributed by atoms with E-state index in [1.165, 1.54) is 83.1 Å². The third kappa shape index (κ3) is 8.66. The van der Waals surface area contributed by atoms with Crippen molar-refractivity contribution in [3.8, 4) is 0 Å². The number of unbranched alkanes of at least 4 members (excludes halogenated alkanes) is 1. The summed E-state index contributed by atoms with van der Waals surface area (Å²) >= 11 is 0. The van der Waals surface area contributed by atoms with Gasteiger partial charge in [-0.1, -0.05) is 38.2 Å². The molecule has 0 radical (unpaired) electrons. The lowest BCUT2D eigenvalue weighted by atomic mass is 9.68. The Labute approximate surface area is 213 Å². The highest BCUT2D eigenvalue weighted by Crippen LogP contribution is 2.43. The molecule has 0 aromatic rings. The highest BCUT2D eigenvalue weighted by molar-refractivity contribution is 4.92. The molecule has 4 fully saturated rings. The molecule has 1 aliphatic heterocycles. The molecule has 0 atom stereocenters. The van der Waals surface area contributed by atoms with Gasteiger partial charge in [-0.3, -0.25) is 0 Å². The number of rotatable bonds is 10. The summed E-state index contributed by atoms with van der Waals surface area (Å²) in [6.07, 6.45) is 23.1. The third-order valence-electron chi connectivity index (χ3n) is 9.98. The van der Waals surface area contributed by atoms with Crippen LogP contribution in [0.15, 0.2) is 24.8 Å². The van der Waals surface area contributed by atoms with Gasteiger partial charge in [0, 0.05) is 11.8 Å². The molecule has 35 heavy (non-hydrogen) atoms. The quantitative estimate of drug-likeness (QED) is 0.223. The van der Waals surface area contributed by atoms with Gasteiger partial charge in [0.15, 0.2) is 6.29 Å². The second-order valence-corrected chi connectivity index (χ2v) is 12.4. The van der Waals surface area contributed by atoms with E-state index in [4.69, 9.17) is 9.47 Å². The monoisotopic (exact) mass is 492 g/mol. The Morgan fingerprint density at radius 1 is 0.657 bits per heavy atom. The summed E-state index contributed by atoms with van der Waals surface area (Å²) in [4.78, 5) is 0. The second kappa shape index (κ2) is 14.3. The van der Waals surface area contributed by atoms with Crippen LogP contribution in [0.25, 0.3) is 0 Å². The Kier molecular flexibility index (Phi) is 11.1. The van der Waals surface area contributed by atoms with Crippen LogP contribution in [0, 0.1) is 41.4 Å². The predicted octanol–water partition coefficient (Wildman–Crippen LogP) is 9.31. The lowest BCUT2D eigenvalue weighted by Gasteiger charge is -2.38. The van der Waals surface area contributed by atoms with Crippen molar-refractivity contribution in [1.29, 1.82) is 0 Å². The van der Waals surface area contributed by atoms with E-state index in [1.807, 2.05) is 0 Å². The molecule has 1 saturated heterocycles. The molecule has 2 nitrogen and oxygen atoms in total. The number of hydrogen-bond donors (Lipinski definition) is 0. The molecule has 3 saturated carbocycles. The van der Waals surface area contributed by atoms with E-state index in [2.05, 4.69) is 12.7 Å². The minimum Gasteiger partial charge on any atom is -0.352 e. The van der Waals surface area contributed by atoms with Crippen LogP contribution in [0.4, 0.5) is 8.78 Å². The summed E-state index contributed by atoms with van der Waals surface area (Å²) in [5.74, 6) is 4.68. The maximum Gasteiger partial charge on any atom is 0.266 e. The number of allylic oxidation sites excluding steroid dienone is 2. The van der Waals surface area contributed by atoms with Crippen LogP contribution in [0.3, 0.4) is 0 Å². The Morgan fingerprint density at radius 2 is 1.17 bits per heavy atom. The van der Waals surface area contributed by atoms with Gasteiger partial charge < -0.3 is 9.47 Å². The first kappa shape index (κ1) is 27.3. The molecule has 200 valence electrons. The highest BCUT2D eigenvalue weighted by Gasteiger charge is 2.33. The molecule has 3 aliphatic carbocycles. The van der Waals surface area contributed by atoms with Crippen molar-refractivity contribution in [1.82, 2.24) is 0 Å². The zero-order valence-electron chi connectivity index (χ0n) is 22.0. The van der Waals surface area contributed by atoms with Crippen LogP contribution in [0.5, 0.6) is 0 Å². The SMILES string of the molecule is C=CCC1CCC(C2OCC(CCCCC3CCC(C4CCC(C=C(F)F)CC4)CC3)CO2)CC1. The Hall–Kier alpha value is -0.740. The molecule has 1 heterocycles. The average Bonchev–Trinajstić information content (AvgIpc) is 2.88. The molecule has 4 rings (SSSR count). The second-order valence-electron chi connectivity index (χ2n) is 12.4. The van der Waals surface area contributed by atoms with E-state index >= 15 is 0 Å². The first-order valence-corrected chi connectivity index (χ1v) is 15.0. The van der Waals surface area contributed by atoms with Gasteiger partial charge in [-0.05, 0) is 113 Å². The average molecular weight is 493 g/mol. The first-order valence-electron chi connectivity index (χ1n) is 15.0. The predicted molar refractivity (Wildman–Crippen MR) is 139 cm³/mol. The summed E-state index contributed by atoms with van der Waals surface area (Å²) in [6, 6.07) is 0. The van der Waals surface area contributed by atoms with Gasteiger partial charge >= 0.3 is 0 Å². The molecule has 0 aromatic carbocycles. The molecule has 0 N–H and O–H groups in total. The standard InChI is InChI=1S/C31H50F2O2/c1-2-5-23-10-18-29(19-11-23)31-34-21-26(22-35-31)7-4-3-6-24-8-14-27(15-9-24)28-16-12-25(13-17-28)20-30(32)33/h2,20,23-29,31H,1,3-19,21-22H2. The van der Waals surface area contributed by atoms with Crippen molar-refractivity contribution in [2.75, 3.05) is 13.2 Å².